The van der Waals surface area contributed by atoms with Crippen molar-refractivity contribution in [1.82, 2.24) is 4.90 Å². The van der Waals surface area contributed by atoms with Crippen LogP contribution in [0.25, 0.3) is 0 Å². The van der Waals surface area contributed by atoms with Gasteiger partial charge in [0.25, 0.3) is 0 Å². The standard InChI is InChI=1S/C35H34ClNO4/c1-2-40-32-20-25(17-18-31(32)41-22-24-11-6-12-26(36)19-24)33-34-27(13-7-15-29(34)38)37(21-23-9-4-3-5-10-23)28-14-8-16-30(39)35(28)33/h3-6,9-12,17-20,33H,2,7-8,13-16,21-22H2,1H3. The van der Waals surface area contributed by atoms with E-state index >= 15 is 0 Å². The van der Waals surface area contributed by atoms with Crippen molar-refractivity contribution in [3.05, 3.63) is 117 Å². The number of benzene rings is 3. The molecule has 0 spiro atoms. The summed E-state index contributed by atoms with van der Waals surface area (Å²) in [5.74, 6) is 1.10. The van der Waals surface area contributed by atoms with Gasteiger partial charge in [0, 0.05) is 52.9 Å². The summed E-state index contributed by atoms with van der Waals surface area (Å²) in [6.45, 7) is 3.41. The van der Waals surface area contributed by atoms with Crippen molar-refractivity contribution in [2.24, 2.45) is 0 Å². The number of nitrogens with zero attached hydrogens (tertiary/aromatic N) is 1. The maximum absolute atomic E-state index is 13.7. The van der Waals surface area contributed by atoms with Crippen LogP contribution in [-0.4, -0.2) is 23.1 Å². The van der Waals surface area contributed by atoms with Crippen molar-refractivity contribution in [3.63, 3.8) is 0 Å². The van der Waals surface area contributed by atoms with E-state index < -0.39 is 5.92 Å². The van der Waals surface area contributed by atoms with Gasteiger partial charge in [-0.1, -0.05) is 60.1 Å². The first-order valence-electron chi connectivity index (χ1n) is 14.5. The van der Waals surface area contributed by atoms with Crippen LogP contribution >= 0.6 is 11.6 Å². The summed E-state index contributed by atoms with van der Waals surface area (Å²) in [6.07, 6.45) is 4.32. The third-order valence-electron chi connectivity index (χ3n) is 8.15. The van der Waals surface area contributed by atoms with E-state index in [2.05, 4.69) is 17.0 Å². The fourth-order valence-electron chi connectivity index (χ4n) is 6.39. The van der Waals surface area contributed by atoms with Crippen molar-refractivity contribution in [1.29, 1.82) is 0 Å². The molecule has 6 heteroatoms. The van der Waals surface area contributed by atoms with Gasteiger partial charge in [-0.2, -0.15) is 0 Å². The monoisotopic (exact) mass is 567 g/mol. The molecule has 2 aliphatic carbocycles. The number of hydrogen-bond donors (Lipinski definition) is 0. The van der Waals surface area contributed by atoms with E-state index in [1.165, 1.54) is 5.56 Å². The molecule has 210 valence electrons. The van der Waals surface area contributed by atoms with E-state index in [1.807, 2.05) is 67.6 Å². The van der Waals surface area contributed by atoms with E-state index in [-0.39, 0.29) is 11.6 Å². The fourth-order valence-corrected chi connectivity index (χ4v) is 6.60. The van der Waals surface area contributed by atoms with Crippen molar-refractivity contribution in [2.75, 3.05) is 6.61 Å². The lowest BCUT2D eigenvalue weighted by molar-refractivity contribution is -0.117. The second-order valence-electron chi connectivity index (χ2n) is 10.8. The SMILES string of the molecule is CCOc1cc(C2C3=C(CCCC3=O)N(Cc3ccccc3)C3=C2C(=O)CCC3)ccc1OCc1cccc(Cl)c1. The summed E-state index contributed by atoms with van der Waals surface area (Å²) in [4.78, 5) is 29.6. The number of rotatable bonds is 8. The lowest BCUT2D eigenvalue weighted by Gasteiger charge is -2.44. The van der Waals surface area contributed by atoms with E-state index in [4.69, 9.17) is 21.1 Å². The summed E-state index contributed by atoms with van der Waals surface area (Å²) in [5, 5.41) is 0.660. The Labute approximate surface area is 246 Å². The number of ether oxygens (including phenoxy) is 2. The third-order valence-corrected chi connectivity index (χ3v) is 8.39. The number of carbonyl (C=O) groups excluding carboxylic acids is 2. The second-order valence-corrected chi connectivity index (χ2v) is 11.3. The highest BCUT2D eigenvalue weighted by Gasteiger charge is 2.43. The molecule has 0 radical (unpaired) electrons. The molecule has 0 bridgehead atoms. The average molecular weight is 568 g/mol. The molecule has 3 aromatic carbocycles. The average Bonchev–Trinajstić information content (AvgIpc) is 2.98. The smallest absolute Gasteiger partial charge is 0.161 e. The van der Waals surface area contributed by atoms with Gasteiger partial charge in [0.1, 0.15) is 6.61 Å². The Kier molecular flexibility index (Phi) is 7.97. The summed E-state index contributed by atoms with van der Waals surface area (Å²) in [5.41, 5.74) is 6.71. The quantitative estimate of drug-likeness (QED) is 0.276. The zero-order chi connectivity index (χ0) is 28.3. The Balaban J connectivity index is 1.42. The fraction of sp³-hybridized carbons (Fsp3) is 0.314. The Morgan fingerprint density at radius 3 is 2.10 bits per heavy atom. The van der Waals surface area contributed by atoms with Crippen LogP contribution in [0, 0.1) is 0 Å². The predicted octanol–water partition coefficient (Wildman–Crippen LogP) is 7.93. The van der Waals surface area contributed by atoms with Crippen LogP contribution in [0.3, 0.4) is 0 Å². The zero-order valence-electron chi connectivity index (χ0n) is 23.3. The lowest BCUT2D eigenvalue weighted by atomic mass is 9.71. The number of carbonyl (C=O) groups is 2. The zero-order valence-corrected chi connectivity index (χ0v) is 24.1. The van der Waals surface area contributed by atoms with Crippen LogP contribution in [0.1, 0.15) is 68.1 Å². The van der Waals surface area contributed by atoms with E-state index in [1.54, 1.807) is 0 Å². The Morgan fingerprint density at radius 2 is 1.44 bits per heavy atom. The van der Waals surface area contributed by atoms with Crippen LogP contribution in [0.5, 0.6) is 11.5 Å². The normalized spacial score (nSPS) is 17.5. The minimum absolute atomic E-state index is 0.137. The third kappa shape index (κ3) is 5.56. The maximum Gasteiger partial charge on any atom is 0.161 e. The highest BCUT2D eigenvalue weighted by molar-refractivity contribution is 6.30. The van der Waals surface area contributed by atoms with E-state index in [0.717, 1.165) is 59.4 Å². The molecule has 0 amide bonds. The Bertz CT molecular complexity index is 1500. The van der Waals surface area contributed by atoms with Gasteiger partial charge in [-0.25, -0.2) is 0 Å². The summed E-state index contributed by atoms with van der Waals surface area (Å²) >= 11 is 6.16. The number of halogens is 1. The summed E-state index contributed by atoms with van der Waals surface area (Å²) < 4.78 is 12.2. The minimum Gasteiger partial charge on any atom is -0.490 e. The molecule has 0 aromatic heterocycles. The molecule has 0 atom stereocenters. The molecule has 41 heavy (non-hydrogen) atoms. The van der Waals surface area contributed by atoms with Gasteiger partial charge in [-0.3, -0.25) is 9.59 Å². The largest absolute Gasteiger partial charge is 0.490 e. The lowest BCUT2D eigenvalue weighted by Crippen LogP contribution is -2.38. The van der Waals surface area contributed by atoms with Gasteiger partial charge in [0.05, 0.1) is 6.61 Å². The van der Waals surface area contributed by atoms with E-state index in [9.17, 15) is 9.59 Å². The molecule has 0 unspecified atom stereocenters. The number of Topliss-reactive ketones (excluding diaryl/α,β-unsaturated/α-hetero) is 2. The van der Waals surface area contributed by atoms with Crippen LogP contribution in [0.15, 0.2) is 95.3 Å². The second kappa shape index (κ2) is 12.0. The number of hydrogen-bond acceptors (Lipinski definition) is 5. The van der Waals surface area contributed by atoms with Gasteiger partial charge in [-0.05, 0) is 73.6 Å². The van der Waals surface area contributed by atoms with Crippen molar-refractivity contribution in [3.8, 4) is 11.5 Å². The van der Waals surface area contributed by atoms with Crippen LogP contribution in [0.2, 0.25) is 5.02 Å². The number of ketones is 2. The molecule has 1 aliphatic heterocycles. The molecule has 0 saturated heterocycles. The first-order valence-corrected chi connectivity index (χ1v) is 14.9. The highest BCUT2D eigenvalue weighted by atomic mass is 35.5. The van der Waals surface area contributed by atoms with Crippen LogP contribution < -0.4 is 9.47 Å². The molecule has 0 fully saturated rings. The molecule has 3 aromatic rings. The van der Waals surface area contributed by atoms with Crippen molar-refractivity contribution in [2.45, 2.75) is 64.5 Å². The maximum atomic E-state index is 13.7. The molecule has 0 N–H and O–H groups in total. The van der Waals surface area contributed by atoms with Crippen molar-refractivity contribution >= 4 is 23.2 Å². The van der Waals surface area contributed by atoms with Gasteiger partial charge < -0.3 is 14.4 Å². The molecule has 6 rings (SSSR count). The van der Waals surface area contributed by atoms with Crippen LogP contribution in [-0.2, 0) is 22.7 Å². The van der Waals surface area contributed by atoms with Gasteiger partial charge >= 0.3 is 0 Å². The molecule has 0 saturated carbocycles. The van der Waals surface area contributed by atoms with Gasteiger partial charge in [-0.15, -0.1) is 0 Å². The molecule has 3 aliphatic rings. The summed E-state index contributed by atoms with van der Waals surface area (Å²) in [6, 6.07) is 23.8. The molecule has 5 nitrogen and oxygen atoms in total. The predicted molar refractivity (Wildman–Crippen MR) is 160 cm³/mol. The Hall–Kier alpha value is -3.83. The van der Waals surface area contributed by atoms with Gasteiger partial charge in [0.2, 0.25) is 0 Å². The first-order chi connectivity index (χ1) is 20.0. The first kappa shape index (κ1) is 27.3. The van der Waals surface area contributed by atoms with Crippen molar-refractivity contribution < 1.29 is 19.1 Å². The van der Waals surface area contributed by atoms with Crippen LogP contribution in [0.4, 0.5) is 0 Å². The van der Waals surface area contributed by atoms with Gasteiger partial charge in [0.15, 0.2) is 23.1 Å². The van der Waals surface area contributed by atoms with E-state index in [0.29, 0.717) is 49.1 Å². The molecular weight excluding hydrogens is 534 g/mol. The Morgan fingerprint density at radius 1 is 0.756 bits per heavy atom. The topological polar surface area (TPSA) is 55.8 Å². The molecule has 1 heterocycles. The molecular formula is C35H34ClNO4. The minimum atomic E-state index is -0.395. The highest BCUT2D eigenvalue weighted by Crippen LogP contribution is 2.50. The summed E-state index contributed by atoms with van der Waals surface area (Å²) in [7, 11) is 0. The number of allylic oxidation sites excluding steroid dienone is 4.